The molecule has 0 radical (unpaired) electrons. The topological polar surface area (TPSA) is 84.9 Å². The van der Waals surface area contributed by atoms with Gasteiger partial charge in [-0.3, -0.25) is 29.4 Å². The first-order valence-corrected chi connectivity index (χ1v) is 22.3. The molecule has 6 aliphatic heterocycles. The number of benzene rings is 4. The van der Waals surface area contributed by atoms with Crippen LogP contribution in [0.25, 0.3) is 21.8 Å². The lowest BCUT2D eigenvalue weighted by atomic mass is 9.65. The summed E-state index contributed by atoms with van der Waals surface area (Å²) in [4.78, 5) is 46.2. The van der Waals surface area contributed by atoms with E-state index in [0.29, 0.717) is 45.9 Å². The lowest BCUT2D eigenvalue weighted by Crippen LogP contribution is -2.55. The van der Waals surface area contributed by atoms with Gasteiger partial charge in [-0.25, -0.2) is 0 Å². The van der Waals surface area contributed by atoms with Crippen LogP contribution in [0.1, 0.15) is 91.6 Å². The van der Waals surface area contributed by atoms with E-state index in [2.05, 4.69) is 71.5 Å². The van der Waals surface area contributed by atoms with Crippen LogP contribution in [-0.4, -0.2) is 83.8 Å². The molecule has 13 rings (SSSR count). The number of hydrogen-bond acceptors (Lipinski definition) is 8. The number of piperidine rings is 6. The Labute approximate surface area is 363 Å². The van der Waals surface area contributed by atoms with Gasteiger partial charge in [0.2, 0.25) is 0 Å². The number of carbonyl (C=O) groups is 2. The molecule has 4 bridgehead atoms. The van der Waals surface area contributed by atoms with E-state index in [-0.39, 0.29) is 35.5 Å². The van der Waals surface area contributed by atoms with E-state index < -0.39 is 0 Å². The number of hydrogen-bond donors (Lipinski definition) is 0. The maximum absolute atomic E-state index is 15.6. The van der Waals surface area contributed by atoms with Gasteiger partial charge in [-0.2, -0.15) is 0 Å². The molecule has 2 unspecified atom stereocenters. The molecule has 4 aromatic carbocycles. The van der Waals surface area contributed by atoms with Crippen molar-refractivity contribution in [1.29, 1.82) is 0 Å². The minimum Gasteiger partial charge on any atom is -0.497 e. The molecular weight excluding hydrogens is 769 g/mol. The van der Waals surface area contributed by atoms with Gasteiger partial charge in [0.05, 0.1) is 25.3 Å². The van der Waals surface area contributed by atoms with Gasteiger partial charge < -0.3 is 9.47 Å². The van der Waals surface area contributed by atoms with Crippen molar-refractivity contribution < 1.29 is 19.1 Å². The van der Waals surface area contributed by atoms with E-state index in [4.69, 9.17) is 19.4 Å². The first kappa shape index (κ1) is 38.9. The fraction of sp³-hybridized carbons (Fsp3) is 0.333. The molecule has 0 N–H and O–H groups in total. The van der Waals surface area contributed by atoms with Crippen LogP contribution in [0.3, 0.4) is 0 Å². The van der Waals surface area contributed by atoms with Crippen molar-refractivity contribution in [2.24, 2.45) is 23.7 Å². The second-order valence-corrected chi connectivity index (χ2v) is 18.2. The molecule has 6 saturated heterocycles. The van der Waals surface area contributed by atoms with Crippen molar-refractivity contribution in [2.45, 2.75) is 49.6 Å². The SMILES string of the molecule is C=C[C@@H]1CN2CC[C@@H]1C[C@@H]2[C@H](c1ccc([C@H](c2ccnc3ccc(OC)cc23)[C@H]2C[C@@H]3CCN2C[C@H]3C=C)c2c1C(=O)c1ccccc1C2=O)c1ccnc2ccc(OC)cc12. The number of ketones is 2. The Morgan fingerprint density at radius 3 is 1.45 bits per heavy atom. The molecule has 10 atom stereocenters. The van der Waals surface area contributed by atoms with Crippen LogP contribution in [0.4, 0.5) is 0 Å². The monoisotopic (exact) mass is 820 g/mol. The average molecular weight is 821 g/mol. The number of nitrogens with zero attached hydrogens (tertiary/aromatic N) is 4. The third-order valence-electron chi connectivity index (χ3n) is 15.5. The molecule has 8 heteroatoms. The zero-order chi connectivity index (χ0) is 42.2. The van der Waals surface area contributed by atoms with E-state index in [1.165, 1.54) is 0 Å². The Morgan fingerprint density at radius 1 is 0.613 bits per heavy atom. The van der Waals surface area contributed by atoms with Gasteiger partial charge in [0.25, 0.3) is 0 Å². The Bertz CT molecular complexity index is 2630. The first-order chi connectivity index (χ1) is 30.4. The van der Waals surface area contributed by atoms with Crippen LogP contribution >= 0.6 is 0 Å². The van der Waals surface area contributed by atoms with Gasteiger partial charge in [-0.1, -0.05) is 48.6 Å². The van der Waals surface area contributed by atoms with Crippen LogP contribution in [0, 0.1) is 23.7 Å². The molecule has 0 saturated carbocycles. The number of methoxy groups -OCH3 is 2. The molecule has 0 amide bonds. The first-order valence-electron chi connectivity index (χ1n) is 22.3. The molecule has 0 spiro atoms. The van der Waals surface area contributed by atoms with E-state index >= 15 is 9.59 Å². The zero-order valence-electron chi connectivity index (χ0n) is 35.5. The van der Waals surface area contributed by atoms with Crippen molar-refractivity contribution in [3.05, 3.63) is 167 Å². The van der Waals surface area contributed by atoms with Gasteiger partial charge in [0.15, 0.2) is 11.6 Å². The summed E-state index contributed by atoms with van der Waals surface area (Å²) in [6, 6.07) is 28.4. The summed E-state index contributed by atoms with van der Waals surface area (Å²) < 4.78 is 11.6. The smallest absolute Gasteiger partial charge is 0.194 e. The fourth-order valence-electron chi connectivity index (χ4n) is 12.5. The Kier molecular flexibility index (Phi) is 9.69. The quantitative estimate of drug-likeness (QED) is 0.126. The predicted octanol–water partition coefficient (Wildman–Crippen LogP) is 9.63. The largest absolute Gasteiger partial charge is 0.497 e. The molecule has 6 aromatic rings. The zero-order valence-corrected chi connectivity index (χ0v) is 35.5. The van der Waals surface area contributed by atoms with Crippen molar-refractivity contribution in [3.63, 3.8) is 0 Å². The van der Waals surface area contributed by atoms with Crippen molar-refractivity contribution in [2.75, 3.05) is 40.4 Å². The highest BCUT2D eigenvalue weighted by atomic mass is 16.5. The number of pyridine rings is 2. The van der Waals surface area contributed by atoms with E-state index in [0.717, 1.165) is 107 Å². The lowest BCUT2D eigenvalue weighted by Gasteiger charge is -2.52. The Balaban J connectivity index is 1.20. The lowest BCUT2D eigenvalue weighted by molar-refractivity contribution is 0.0116. The summed E-state index contributed by atoms with van der Waals surface area (Å²) in [5.41, 5.74) is 7.71. The minimum absolute atomic E-state index is 0.0835. The minimum atomic E-state index is -0.238. The standard InChI is InChI=1S/C54H52N4O4/c1-5-31-29-57-23-19-33(31)25-47(57)49(37-17-21-55-45-15-11-35(61-3)27-43(37)45)41-13-14-42(52-51(41)53(59)39-9-7-8-10-40(39)54(52)60)50(48-26-34-20-24-58(48)30-32(34)6-2)38-18-22-56-46-16-12-36(62-4)28-44(38)46/h5-18,21-22,27-28,31-34,47-50H,1-2,19-20,23-26,29-30H2,3-4H3/t31-,32-,33-,34+,47-,48-,49+,50+/m1/s1. The molecule has 1 aliphatic carbocycles. The number of fused-ring (bicyclic) bond motifs is 10. The van der Waals surface area contributed by atoms with Gasteiger partial charge in [-0.15, -0.1) is 13.2 Å². The maximum atomic E-state index is 15.6. The van der Waals surface area contributed by atoms with Gasteiger partial charge in [0.1, 0.15) is 11.5 Å². The second kappa shape index (κ2) is 15.4. The van der Waals surface area contributed by atoms with Crippen molar-refractivity contribution in [1.82, 2.24) is 19.8 Å². The number of aromatic nitrogens is 2. The highest BCUT2D eigenvalue weighted by Crippen LogP contribution is 2.51. The molecule has 7 aliphatic rings. The van der Waals surface area contributed by atoms with Crippen LogP contribution < -0.4 is 9.47 Å². The van der Waals surface area contributed by atoms with Crippen LogP contribution in [-0.2, 0) is 0 Å². The summed E-state index contributed by atoms with van der Waals surface area (Å²) >= 11 is 0. The van der Waals surface area contributed by atoms with E-state index in [1.807, 2.05) is 60.9 Å². The highest BCUT2D eigenvalue weighted by Gasteiger charge is 2.48. The summed E-state index contributed by atoms with van der Waals surface area (Å²) in [5, 5.41) is 1.98. The van der Waals surface area contributed by atoms with E-state index in [1.54, 1.807) is 14.2 Å². The van der Waals surface area contributed by atoms with Crippen LogP contribution in [0.15, 0.2) is 123 Å². The molecule has 312 valence electrons. The second-order valence-electron chi connectivity index (χ2n) is 18.2. The maximum Gasteiger partial charge on any atom is 0.194 e. The van der Waals surface area contributed by atoms with Gasteiger partial charge in [-0.05, 0) is 133 Å². The normalized spacial score (nSPS) is 27.1. The third kappa shape index (κ3) is 6.09. The third-order valence-corrected chi connectivity index (χ3v) is 15.5. The summed E-state index contributed by atoms with van der Waals surface area (Å²) in [5.74, 6) is 2.63. The fourth-order valence-corrected chi connectivity index (χ4v) is 12.5. The molecule has 8 nitrogen and oxygen atoms in total. The Morgan fingerprint density at radius 2 is 1.06 bits per heavy atom. The molecule has 8 heterocycles. The van der Waals surface area contributed by atoms with Crippen LogP contribution in [0.5, 0.6) is 11.5 Å². The van der Waals surface area contributed by atoms with Crippen molar-refractivity contribution in [3.8, 4) is 11.5 Å². The summed E-state index contributed by atoms with van der Waals surface area (Å²) in [7, 11) is 3.38. The van der Waals surface area contributed by atoms with Gasteiger partial charge in [0, 0.05) is 82.4 Å². The average Bonchev–Trinajstić information content (AvgIpc) is 3.33. The molecular formula is C54H52N4O4. The number of rotatable bonds is 10. The summed E-state index contributed by atoms with van der Waals surface area (Å²) in [6.07, 6.45) is 12.2. The molecule has 2 aromatic heterocycles. The molecule has 6 fully saturated rings. The summed E-state index contributed by atoms with van der Waals surface area (Å²) in [6.45, 7) is 12.3. The van der Waals surface area contributed by atoms with Crippen LogP contribution in [0.2, 0.25) is 0 Å². The molecule has 62 heavy (non-hydrogen) atoms. The number of carbonyl (C=O) groups excluding carboxylic acids is 2. The number of ether oxygens (including phenoxy) is 2. The predicted molar refractivity (Wildman–Crippen MR) is 244 cm³/mol. The van der Waals surface area contributed by atoms with Crippen molar-refractivity contribution >= 4 is 33.4 Å². The van der Waals surface area contributed by atoms with E-state index in [9.17, 15) is 0 Å². The highest BCUT2D eigenvalue weighted by molar-refractivity contribution is 6.29. The Hall–Kier alpha value is -5.96. The van der Waals surface area contributed by atoms with Gasteiger partial charge >= 0.3 is 0 Å².